The molecule has 0 spiro atoms. The number of hydrogen-bond acceptors (Lipinski definition) is 3. The Morgan fingerprint density at radius 3 is 2.95 bits per heavy atom. The SMILES string of the molecule is CC1CCN(c2cc(Br)ccc2C#N)C(C(=O)O)C1. The molecule has 1 aromatic carbocycles. The number of halogens is 1. The van der Waals surface area contributed by atoms with Gasteiger partial charge >= 0.3 is 5.97 Å². The fraction of sp³-hybridized carbons (Fsp3) is 0.429. The van der Waals surface area contributed by atoms with Crippen LogP contribution in [0.4, 0.5) is 5.69 Å². The number of carbonyl (C=O) groups is 1. The smallest absolute Gasteiger partial charge is 0.326 e. The van der Waals surface area contributed by atoms with Crippen LogP contribution in [0, 0.1) is 17.2 Å². The standard InChI is InChI=1S/C14H15BrN2O2/c1-9-4-5-17(13(6-9)14(18)19)12-7-11(15)3-2-10(12)8-16/h2-3,7,9,13H,4-6H2,1H3,(H,18,19). The van der Waals surface area contributed by atoms with Crippen LogP contribution in [0.15, 0.2) is 22.7 Å². The molecule has 0 aromatic heterocycles. The highest BCUT2D eigenvalue weighted by Crippen LogP contribution is 2.32. The van der Waals surface area contributed by atoms with Crippen LogP contribution in [0.3, 0.4) is 0 Å². The predicted octanol–water partition coefficient (Wildman–Crippen LogP) is 3.01. The number of rotatable bonds is 2. The van der Waals surface area contributed by atoms with E-state index in [-0.39, 0.29) is 0 Å². The van der Waals surface area contributed by atoms with Crippen molar-refractivity contribution in [3.05, 3.63) is 28.2 Å². The first-order valence-electron chi connectivity index (χ1n) is 6.22. The van der Waals surface area contributed by atoms with Crippen molar-refractivity contribution in [2.45, 2.75) is 25.8 Å². The Hall–Kier alpha value is -1.54. The average Bonchev–Trinajstić information content (AvgIpc) is 2.38. The summed E-state index contributed by atoms with van der Waals surface area (Å²) in [5, 5.41) is 18.6. The molecule has 0 aliphatic carbocycles. The molecule has 2 unspecified atom stereocenters. The van der Waals surface area contributed by atoms with Crippen molar-refractivity contribution < 1.29 is 9.90 Å². The zero-order chi connectivity index (χ0) is 14.0. The van der Waals surface area contributed by atoms with Crippen LogP contribution in [-0.4, -0.2) is 23.7 Å². The van der Waals surface area contributed by atoms with Crippen molar-refractivity contribution in [3.8, 4) is 6.07 Å². The lowest BCUT2D eigenvalue weighted by Crippen LogP contribution is -2.47. The highest BCUT2D eigenvalue weighted by molar-refractivity contribution is 9.10. The van der Waals surface area contributed by atoms with E-state index in [0.717, 1.165) is 10.9 Å². The Morgan fingerprint density at radius 1 is 1.58 bits per heavy atom. The van der Waals surface area contributed by atoms with E-state index in [1.807, 2.05) is 11.0 Å². The number of aliphatic carboxylic acids is 1. The monoisotopic (exact) mass is 322 g/mol. The summed E-state index contributed by atoms with van der Waals surface area (Å²) in [5.74, 6) is -0.426. The maximum atomic E-state index is 11.4. The Labute approximate surface area is 120 Å². The molecular formula is C14H15BrN2O2. The minimum absolute atomic E-state index is 0.398. The first kappa shape index (κ1) is 13.9. The molecule has 0 radical (unpaired) electrons. The molecule has 2 atom stereocenters. The first-order valence-corrected chi connectivity index (χ1v) is 7.01. The van der Waals surface area contributed by atoms with E-state index in [0.29, 0.717) is 30.1 Å². The van der Waals surface area contributed by atoms with E-state index < -0.39 is 12.0 Å². The second kappa shape index (κ2) is 5.62. The molecule has 0 saturated carbocycles. The number of anilines is 1. The van der Waals surface area contributed by atoms with Gasteiger partial charge < -0.3 is 10.0 Å². The van der Waals surface area contributed by atoms with E-state index in [2.05, 4.69) is 28.9 Å². The number of nitriles is 1. The maximum absolute atomic E-state index is 11.4. The second-order valence-corrected chi connectivity index (χ2v) is 5.87. The highest BCUT2D eigenvalue weighted by atomic mass is 79.9. The van der Waals surface area contributed by atoms with Gasteiger partial charge in [-0.15, -0.1) is 0 Å². The summed E-state index contributed by atoms with van der Waals surface area (Å²) in [4.78, 5) is 13.3. The van der Waals surface area contributed by atoms with Crippen molar-refractivity contribution in [1.29, 1.82) is 5.26 Å². The molecule has 1 N–H and O–H groups in total. The van der Waals surface area contributed by atoms with E-state index in [9.17, 15) is 15.2 Å². The van der Waals surface area contributed by atoms with Gasteiger partial charge in [-0.25, -0.2) is 4.79 Å². The van der Waals surface area contributed by atoms with Crippen molar-refractivity contribution in [2.24, 2.45) is 5.92 Å². The molecule has 1 fully saturated rings. The summed E-state index contributed by atoms with van der Waals surface area (Å²) < 4.78 is 0.851. The van der Waals surface area contributed by atoms with E-state index >= 15 is 0 Å². The molecule has 1 aromatic rings. The largest absolute Gasteiger partial charge is 0.480 e. The summed E-state index contributed by atoms with van der Waals surface area (Å²) in [6.07, 6.45) is 1.56. The lowest BCUT2D eigenvalue weighted by atomic mass is 9.91. The third kappa shape index (κ3) is 2.90. The Morgan fingerprint density at radius 2 is 2.32 bits per heavy atom. The summed E-state index contributed by atoms with van der Waals surface area (Å²) in [6, 6.07) is 6.92. The van der Waals surface area contributed by atoms with Crippen LogP contribution in [0.1, 0.15) is 25.3 Å². The van der Waals surface area contributed by atoms with Crippen LogP contribution in [0.5, 0.6) is 0 Å². The van der Waals surface area contributed by atoms with Gasteiger partial charge in [0, 0.05) is 11.0 Å². The van der Waals surface area contributed by atoms with Gasteiger partial charge in [-0.2, -0.15) is 5.26 Å². The lowest BCUT2D eigenvalue weighted by Gasteiger charge is -2.38. The van der Waals surface area contributed by atoms with Crippen molar-refractivity contribution in [3.63, 3.8) is 0 Å². The molecule has 100 valence electrons. The minimum atomic E-state index is -0.824. The van der Waals surface area contributed by atoms with Crippen LogP contribution < -0.4 is 4.90 Å². The molecule has 5 heteroatoms. The fourth-order valence-corrected chi connectivity index (χ4v) is 2.85. The number of carboxylic acid groups (broad SMARTS) is 1. The third-order valence-corrected chi connectivity index (χ3v) is 4.03. The van der Waals surface area contributed by atoms with E-state index in [4.69, 9.17) is 0 Å². The van der Waals surface area contributed by atoms with Crippen LogP contribution in [-0.2, 0) is 4.79 Å². The van der Waals surface area contributed by atoms with Crippen LogP contribution in [0.25, 0.3) is 0 Å². The Balaban J connectivity index is 2.41. The van der Waals surface area contributed by atoms with Gasteiger partial charge in [0.25, 0.3) is 0 Å². The minimum Gasteiger partial charge on any atom is -0.480 e. The topological polar surface area (TPSA) is 64.3 Å². The van der Waals surface area contributed by atoms with Gasteiger partial charge in [-0.1, -0.05) is 22.9 Å². The van der Waals surface area contributed by atoms with Crippen molar-refractivity contribution >= 4 is 27.6 Å². The van der Waals surface area contributed by atoms with Crippen molar-refractivity contribution in [2.75, 3.05) is 11.4 Å². The lowest BCUT2D eigenvalue weighted by molar-refractivity contribution is -0.139. The van der Waals surface area contributed by atoms with Gasteiger partial charge in [-0.3, -0.25) is 0 Å². The number of carboxylic acids is 1. The summed E-state index contributed by atoms with van der Waals surface area (Å²) in [5.41, 5.74) is 1.22. The third-order valence-electron chi connectivity index (χ3n) is 3.54. The van der Waals surface area contributed by atoms with Crippen LogP contribution in [0.2, 0.25) is 0 Å². The molecule has 19 heavy (non-hydrogen) atoms. The van der Waals surface area contributed by atoms with Gasteiger partial charge in [0.15, 0.2) is 0 Å². The molecule has 1 heterocycles. The molecule has 0 bridgehead atoms. The fourth-order valence-electron chi connectivity index (χ4n) is 2.50. The quantitative estimate of drug-likeness (QED) is 0.909. The normalized spacial score (nSPS) is 22.9. The Bertz CT molecular complexity index is 539. The molecule has 1 saturated heterocycles. The molecule has 0 amide bonds. The number of nitrogens with zero attached hydrogens (tertiary/aromatic N) is 2. The molecule has 4 nitrogen and oxygen atoms in total. The molecule has 2 rings (SSSR count). The molecule has 1 aliphatic rings. The van der Waals surface area contributed by atoms with Gasteiger partial charge in [-0.05, 0) is 37.0 Å². The van der Waals surface area contributed by atoms with Crippen LogP contribution >= 0.6 is 15.9 Å². The summed E-state index contributed by atoms with van der Waals surface area (Å²) >= 11 is 3.38. The zero-order valence-electron chi connectivity index (χ0n) is 10.6. The predicted molar refractivity (Wildman–Crippen MR) is 76.0 cm³/mol. The Kier molecular flexibility index (Phi) is 4.11. The summed E-state index contributed by atoms with van der Waals surface area (Å²) in [7, 11) is 0. The molecular weight excluding hydrogens is 308 g/mol. The van der Waals surface area contributed by atoms with Gasteiger partial charge in [0.1, 0.15) is 12.1 Å². The van der Waals surface area contributed by atoms with E-state index in [1.165, 1.54) is 0 Å². The van der Waals surface area contributed by atoms with Crippen molar-refractivity contribution in [1.82, 2.24) is 0 Å². The first-order chi connectivity index (χ1) is 9.02. The molecule has 1 aliphatic heterocycles. The number of hydrogen-bond donors (Lipinski definition) is 1. The van der Waals surface area contributed by atoms with Gasteiger partial charge in [0.2, 0.25) is 0 Å². The second-order valence-electron chi connectivity index (χ2n) is 4.95. The highest BCUT2D eigenvalue weighted by Gasteiger charge is 2.32. The zero-order valence-corrected chi connectivity index (χ0v) is 12.2. The summed E-state index contributed by atoms with van der Waals surface area (Å²) in [6.45, 7) is 2.74. The number of piperidine rings is 1. The average molecular weight is 323 g/mol. The van der Waals surface area contributed by atoms with E-state index in [1.54, 1.807) is 12.1 Å². The van der Waals surface area contributed by atoms with Gasteiger partial charge in [0.05, 0.1) is 11.3 Å². The maximum Gasteiger partial charge on any atom is 0.326 e. The number of benzene rings is 1.